The maximum absolute atomic E-state index is 10.8. The van der Waals surface area contributed by atoms with Gasteiger partial charge in [-0.05, 0) is 6.42 Å². The molecule has 1 unspecified atom stereocenters. The number of carboxylic acid groups (broad SMARTS) is 1. The molecule has 0 saturated heterocycles. The van der Waals surface area contributed by atoms with Crippen LogP contribution in [0.15, 0.2) is 0 Å². The van der Waals surface area contributed by atoms with Crippen molar-refractivity contribution in [1.82, 2.24) is 0 Å². The second-order valence-electron chi connectivity index (χ2n) is 1.92. The Morgan fingerprint density at radius 3 is 2.40 bits per heavy atom. The maximum atomic E-state index is 10.8. The van der Waals surface area contributed by atoms with Crippen molar-refractivity contribution in [3.63, 3.8) is 0 Å². The van der Waals surface area contributed by atoms with Gasteiger partial charge in [-0.2, -0.15) is 0 Å². The molecular weight excluding hydrogens is 200 g/mol. The van der Waals surface area contributed by atoms with Gasteiger partial charge in [0, 0.05) is 6.42 Å². The molecule has 0 aliphatic heterocycles. The molecule has 0 radical (unpaired) electrons. The van der Waals surface area contributed by atoms with Crippen LogP contribution in [0.25, 0.3) is 0 Å². The molecule has 0 aromatic rings. The molecule has 0 spiro atoms. The predicted octanol–water partition coefficient (Wildman–Crippen LogP) is 1.20. The zero-order valence-electron chi connectivity index (χ0n) is 5.63. The topological polar surface area (TPSA) is 54.4 Å². The van der Waals surface area contributed by atoms with E-state index in [1.807, 2.05) is 6.92 Å². The van der Waals surface area contributed by atoms with Crippen molar-refractivity contribution < 1.29 is 14.7 Å². The summed E-state index contributed by atoms with van der Waals surface area (Å²) in [5, 5.41) is 8.31. The van der Waals surface area contributed by atoms with Gasteiger partial charge in [-0.15, -0.1) is 0 Å². The van der Waals surface area contributed by atoms with Gasteiger partial charge in [0.25, 0.3) is 0 Å². The molecule has 10 heavy (non-hydrogen) atoms. The van der Waals surface area contributed by atoms with Crippen molar-refractivity contribution in [2.45, 2.75) is 24.6 Å². The fourth-order valence-electron chi connectivity index (χ4n) is 0.511. The molecule has 0 amide bonds. The summed E-state index contributed by atoms with van der Waals surface area (Å²) >= 11 is 2.76. The Labute approximate surface area is 67.5 Å². The van der Waals surface area contributed by atoms with Crippen molar-refractivity contribution in [3.05, 3.63) is 0 Å². The summed E-state index contributed by atoms with van der Waals surface area (Å²) in [5.41, 5.74) is 0. The van der Waals surface area contributed by atoms with Gasteiger partial charge in [0.15, 0.2) is 10.6 Å². The second kappa shape index (κ2) is 4.44. The molecule has 3 nitrogen and oxygen atoms in total. The minimum absolute atomic E-state index is 0.269. The van der Waals surface area contributed by atoms with Crippen LogP contribution < -0.4 is 0 Å². The molecule has 0 rings (SSSR count). The largest absolute Gasteiger partial charge is 0.480 e. The third kappa shape index (κ3) is 2.96. The van der Waals surface area contributed by atoms with Gasteiger partial charge in [-0.25, -0.2) is 0 Å². The van der Waals surface area contributed by atoms with E-state index in [-0.39, 0.29) is 5.78 Å². The summed E-state index contributed by atoms with van der Waals surface area (Å²) in [6, 6.07) is 0. The predicted molar refractivity (Wildman–Crippen MR) is 40.3 cm³/mol. The lowest BCUT2D eigenvalue weighted by Crippen LogP contribution is -2.23. The highest BCUT2D eigenvalue weighted by Gasteiger charge is 2.20. The van der Waals surface area contributed by atoms with E-state index >= 15 is 0 Å². The molecular formula is C6H9BrO3. The van der Waals surface area contributed by atoms with Crippen LogP contribution in [0.3, 0.4) is 0 Å². The Bertz CT molecular complexity index is 144. The number of aliphatic carboxylic acids is 1. The van der Waals surface area contributed by atoms with Gasteiger partial charge in [-0.3, -0.25) is 9.59 Å². The number of hydrogen-bond donors (Lipinski definition) is 1. The smallest absolute Gasteiger partial charge is 0.324 e. The number of halogens is 1. The first-order valence-electron chi connectivity index (χ1n) is 2.99. The summed E-state index contributed by atoms with van der Waals surface area (Å²) in [7, 11) is 0. The van der Waals surface area contributed by atoms with Crippen LogP contribution in [0, 0.1) is 0 Å². The molecule has 0 aliphatic carbocycles. The summed E-state index contributed by atoms with van der Waals surface area (Å²) < 4.78 is 0. The van der Waals surface area contributed by atoms with Crippen molar-refractivity contribution in [3.8, 4) is 0 Å². The normalized spacial score (nSPS) is 12.6. The Morgan fingerprint density at radius 1 is 1.60 bits per heavy atom. The Kier molecular flexibility index (Phi) is 4.27. The highest BCUT2D eigenvalue weighted by molar-refractivity contribution is 9.10. The molecule has 4 heteroatoms. The number of ketones is 1. The molecule has 0 aromatic carbocycles. The van der Waals surface area contributed by atoms with Crippen molar-refractivity contribution in [2.75, 3.05) is 0 Å². The van der Waals surface area contributed by atoms with E-state index in [2.05, 4.69) is 15.9 Å². The molecule has 1 atom stereocenters. The van der Waals surface area contributed by atoms with E-state index in [0.717, 1.165) is 0 Å². The monoisotopic (exact) mass is 208 g/mol. The summed E-state index contributed by atoms with van der Waals surface area (Å²) in [6.45, 7) is 1.83. The van der Waals surface area contributed by atoms with Crippen molar-refractivity contribution in [2.24, 2.45) is 0 Å². The molecule has 0 bridgehead atoms. The van der Waals surface area contributed by atoms with Gasteiger partial charge in [0.1, 0.15) is 0 Å². The average Bonchev–Trinajstić information content (AvgIpc) is 1.87. The highest BCUT2D eigenvalue weighted by Crippen LogP contribution is 2.05. The summed E-state index contributed by atoms with van der Waals surface area (Å²) in [5.74, 6) is -1.38. The zero-order chi connectivity index (χ0) is 8.15. The lowest BCUT2D eigenvalue weighted by atomic mass is 10.2. The van der Waals surface area contributed by atoms with E-state index in [1.165, 1.54) is 0 Å². The van der Waals surface area contributed by atoms with E-state index in [0.29, 0.717) is 12.8 Å². The third-order valence-electron chi connectivity index (χ3n) is 0.996. The fraction of sp³-hybridized carbons (Fsp3) is 0.667. The minimum Gasteiger partial charge on any atom is -0.480 e. The van der Waals surface area contributed by atoms with E-state index in [9.17, 15) is 9.59 Å². The first-order valence-corrected chi connectivity index (χ1v) is 3.90. The van der Waals surface area contributed by atoms with Gasteiger partial charge in [-0.1, -0.05) is 22.9 Å². The van der Waals surface area contributed by atoms with E-state index in [4.69, 9.17) is 5.11 Å². The van der Waals surface area contributed by atoms with Crippen molar-refractivity contribution in [1.29, 1.82) is 0 Å². The van der Waals surface area contributed by atoms with Crippen LogP contribution in [0.5, 0.6) is 0 Å². The standard InChI is InChI=1S/C6H9BrO3/c1-2-3-4(8)5(7)6(9)10/h5H,2-3H2,1H3,(H,9,10). The number of rotatable bonds is 4. The molecule has 0 saturated carbocycles. The molecule has 0 heterocycles. The summed E-state index contributed by atoms with van der Waals surface area (Å²) in [6.07, 6.45) is 1.01. The molecule has 0 fully saturated rings. The first kappa shape index (κ1) is 9.62. The Morgan fingerprint density at radius 2 is 2.10 bits per heavy atom. The lowest BCUT2D eigenvalue weighted by molar-refractivity contribution is -0.139. The molecule has 1 N–H and O–H groups in total. The molecule has 0 aliphatic rings. The zero-order valence-corrected chi connectivity index (χ0v) is 7.22. The SMILES string of the molecule is CCCC(=O)C(Br)C(=O)O. The molecule has 0 aromatic heterocycles. The Hall–Kier alpha value is -0.380. The van der Waals surface area contributed by atoms with Crippen molar-refractivity contribution >= 4 is 27.7 Å². The van der Waals surface area contributed by atoms with E-state index in [1.54, 1.807) is 0 Å². The van der Waals surface area contributed by atoms with Gasteiger partial charge in [0.05, 0.1) is 0 Å². The lowest BCUT2D eigenvalue weighted by Gasteiger charge is -1.99. The van der Waals surface area contributed by atoms with Crippen LogP contribution >= 0.6 is 15.9 Å². The maximum Gasteiger partial charge on any atom is 0.324 e. The summed E-state index contributed by atoms with van der Waals surface area (Å²) in [4.78, 5) is 19.9. The molecule has 58 valence electrons. The van der Waals surface area contributed by atoms with Gasteiger partial charge in [0.2, 0.25) is 0 Å². The highest BCUT2D eigenvalue weighted by atomic mass is 79.9. The Balaban J connectivity index is 3.82. The fourth-order valence-corrected chi connectivity index (χ4v) is 0.740. The van der Waals surface area contributed by atoms with E-state index < -0.39 is 10.8 Å². The van der Waals surface area contributed by atoms with Crippen LogP contribution in [-0.2, 0) is 9.59 Å². The number of Topliss-reactive ketones (excluding diaryl/α,β-unsaturated/α-hetero) is 1. The third-order valence-corrected chi connectivity index (χ3v) is 1.90. The quantitative estimate of drug-likeness (QED) is 0.559. The minimum atomic E-state index is -1.11. The first-order chi connectivity index (χ1) is 4.59. The van der Waals surface area contributed by atoms with Crippen LogP contribution in [0.4, 0.5) is 0 Å². The average molecular weight is 209 g/mol. The number of hydrogen-bond acceptors (Lipinski definition) is 2. The number of carbonyl (C=O) groups excluding carboxylic acids is 1. The number of carboxylic acids is 1. The van der Waals surface area contributed by atoms with Crippen LogP contribution in [0.1, 0.15) is 19.8 Å². The van der Waals surface area contributed by atoms with Gasteiger partial charge >= 0.3 is 5.97 Å². The number of alkyl halides is 1. The number of carbonyl (C=O) groups is 2. The van der Waals surface area contributed by atoms with Crippen LogP contribution in [0.2, 0.25) is 0 Å². The van der Waals surface area contributed by atoms with Gasteiger partial charge < -0.3 is 5.11 Å². The second-order valence-corrected chi connectivity index (χ2v) is 2.83. The van der Waals surface area contributed by atoms with Crippen LogP contribution in [-0.4, -0.2) is 21.7 Å².